The second-order valence-corrected chi connectivity index (χ2v) is 7.39. The van der Waals surface area contributed by atoms with Gasteiger partial charge in [0.2, 0.25) is 5.91 Å². The molecule has 4 nitrogen and oxygen atoms in total. The number of carbonyl (C=O) groups is 1. The van der Waals surface area contributed by atoms with Gasteiger partial charge in [-0.2, -0.15) is 0 Å². The molecule has 1 fully saturated rings. The van der Waals surface area contributed by atoms with Crippen LogP contribution in [0.5, 0.6) is 11.5 Å². The minimum atomic E-state index is -0.419. The first-order valence-corrected chi connectivity index (χ1v) is 9.68. The zero-order chi connectivity index (χ0) is 19.4. The number of hydrogen-bond acceptors (Lipinski definition) is 3. The van der Waals surface area contributed by atoms with Crippen LogP contribution in [0, 0.1) is 0 Å². The van der Waals surface area contributed by atoms with Crippen molar-refractivity contribution < 1.29 is 14.3 Å². The highest BCUT2D eigenvalue weighted by molar-refractivity contribution is 6.30. The Morgan fingerprint density at radius 1 is 1.07 bits per heavy atom. The molecule has 0 heterocycles. The molecule has 2 aromatic rings. The number of carbonyl (C=O) groups excluding carboxylic acids is 1. The molecular weight excluding hydrogens is 362 g/mol. The summed E-state index contributed by atoms with van der Waals surface area (Å²) in [5, 5.41) is 0.693. The van der Waals surface area contributed by atoms with E-state index in [9.17, 15) is 4.79 Å². The Morgan fingerprint density at radius 2 is 1.74 bits per heavy atom. The van der Waals surface area contributed by atoms with Crippen molar-refractivity contribution in [2.24, 2.45) is 0 Å². The summed E-state index contributed by atoms with van der Waals surface area (Å²) in [6, 6.07) is 13.5. The third-order valence-corrected chi connectivity index (χ3v) is 5.76. The minimum absolute atomic E-state index is 0.188. The van der Waals surface area contributed by atoms with E-state index >= 15 is 0 Å². The molecule has 0 radical (unpaired) electrons. The van der Waals surface area contributed by atoms with Crippen molar-refractivity contribution >= 4 is 17.5 Å². The Labute approximate surface area is 166 Å². The van der Waals surface area contributed by atoms with Gasteiger partial charge >= 0.3 is 0 Å². The van der Waals surface area contributed by atoms with Crippen molar-refractivity contribution in [1.82, 2.24) is 4.90 Å². The lowest BCUT2D eigenvalue weighted by atomic mass is 9.63. The molecule has 0 bridgehead atoms. The van der Waals surface area contributed by atoms with Gasteiger partial charge in [-0.05, 0) is 55.2 Å². The standard InChI is InChI=1S/C22H26ClNO3/c1-4-24(15-16-6-11-19(26-2)20(14-16)27-3)21(25)22(12-5-13-22)17-7-9-18(23)10-8-17/h6-11,14H,4-5,12-13,15H2,1-3H3. The topological polar surface area (TPSA) is 38.8 Å². The molecule has 0 unspecified atom stereocenters. The summed E-state index contributed by atoms with van der Waals surface area (Å²) in [7, 11) is 3.24. The van der Waals surface area contributed by atoms with Crippen molar-refractivity contribution in [2.75, 3.05) is 20.8 Å². The zero-order valence-corrected chi connectivity index (χ0v) is 16.9. The van der Waals surface area contributed by atoms with Gasteiger partial charge in [-0.25, -0.2) is 0 Å². The van der Waals surface area contributed by atoms with Crippen molar-refractivity contribution in [3.05, 3.63) is 58.6 Å². The molecule has 0 spiro atoms. The maximum absolute atomic E-state index is 13.5. The third kappa shape index (κ3) is 3.77. The van der Waals surface area contributed by atoms with E-state index in [1.54, 1.807) is 14.2 Å². The Morgan fingerprint density at radius 3 is 2.26 bits per heavy atom. The van der Waals surface area contributed by atoms with Crippen molar-refractivity contribution in [3.8, 4) is 11.5 Å². The second kappa shape index (κ2) is 8.22. The third-order valence-electron chi connectivity index (χ3n) is 5.50. The fourth-order valence-electron chi connectivity index (χ4n) is 3.75. The van der Waals surface area contributed by atoms with Crippen LogP contribution in [-0.4, -0.2) is 31.6 Å². The molecule has 27 heavy (non-hydrogen) atoms. The predicted octanol–water partition coefficient (Wildman–Crippen LogP) is 4.83. The van der Waals surface area contributed by atoms with Crippen LogP contribution in [0.3, 0.4) is 0 Å². The summed E-state index contributed by atoms with van der Waals surface area (Å²) >= 11 is 6.04. The molecule has 5 heteroatoms. The number of amides is 1. The minimum Gasteiger partial charge on any atom is -0.493 e. The van der Waals surface area contributed by atoms with Gasteiger partial charge in [0.1, 0.15) is 0 Å². The van der Waals surface area contributed by atoms with Crippen molar-refractivity contribution in [1.29, 1.82) is 0 Å². The van der Waals surface area contributed by atoms with Crippen LogP contribution in [0.1, 0.15) is 37.3 Å². The van der Waals surface area contributed by atoms with E-state index < -0.39 is 5.41 Å². The van der Waals surface area contributed by atoms with Crippen LogP contribution in [0.25, 0.3) is 0 Å². The highest BCUT2D eigenvalue weighted by Gasteiger charge is 2.47. The van der Waals surface area contributed by atoms with Gasteiger partial charge in [0.05, 0.1) is 19.6 Å². The quantitative estimate of drug-likeness (QED) is 0.683. The monoisotopic (exact) mass is 387 g/mol. The summed E-state index contributed by atoms with van der Waals surface area (Å²) in [6.07, 6.45) is 2.84. The molecule has 1 saturated carbocycles. The first kappa shape index (κ1) is 19.6. The van der Waals surface area contributed by atoms with E-state index in [2.05, 4.69) is 0 Å². The zero-order valence-electron chi connectivity index (χ0n) is 16.1. The number of likely N-dealkylation sites (N-methyl/N-ethyl adjacent to an activating group) is 1. The van der Waals surface area contributed by atoms with Gasteiger partial charge in [-0.1, -0.05) is 36.2 Å². The van der Waals surface area contributed by atoms with Gasteiger partial charge < -0.3 is 14.4 Å². The fourth-order valence-corrected chi connectivity index (χ4v) is 3.88. The fraction of sp³-hybridized carbons (Fsp3) is 0.409. The van der Waals surface area contributed by atoms with Crippen LogP contribution < -0.4 is 9.47 Å². The number of rotatable bonds is 7. The van der Waals surface area contributed by atoms with Gasteiger partial charge in [0, 0.05) is 18.1 Å². The summed E-state index contributed by atoms with van der Waals surface area (Å²) in [4.78, 5) is 15.4. The van der Waals surface area contributed by atoms with Crippen molar-refractivity contribution in [2.45, 2.75) is 38.1 Å². The van der Waals surface area contributed by atoms with Gasteiger partial charge in [0.25, 0.3) is 0 Å². The highest BCUT2D eigenvalue weighted by atomic mass is 35.5. The lowest BCUT2D eigenvalue weighted by molar-refractivity contribution is -0.141. The number of benzene rings is 2. The molecule has 0 N–H and O–H groups in total. The van der Waals surface area contributed by atoms with Crippen LogP contribution in [-0.2, 0) is 16.8 Å². The molecule has 1 aliphatic carbocycles. The summed E-state index contributed by atoms with van der Waals surface area (Å²) in [5.41, 5.74) is 1.67. The summed E-state index contributed by atoms with van der Waals surface area (Å²) < 4.78 is 10.7. The Hall–Kier alpha value is -2.20. The molecule has 0 aromatic heterocycles. The van der Waals surface area contributed by atoms with E-state index in [0.29, 0.717) is 29.6 Å². The first-order chi connectivity index (χ1) is 13.0. The smallest absolute Gasteiger partial charge is 0.233 e. The first-order valence-electron chi connectivity index (χ1n) is 9.30. The molecular formula is C22H26ClNO3. The molecule has 3 rings (SSSR count). The van der Waals surface area contributed by atoms with Crippen LogP contribution in [0.4, 0.5) is 0 Å². The number of methoxy groups -OCH3 is 2. The van der Waals surface area contributed by atoms with Crippen LogP contribution >= 0.6 is 11.6 Å². The summed E-state index contributed by atoms with van der Waals surface area (Å²) in [5.74, 6) is 1.55. The molecule has 0 aliphatic heterocycles. The molecule has 144 valence electrons. The number of hydrogen-bond donors (Lipinski definition) is 0. The van der Waals surface area contributed by atoms with Crippen molar-refractivity contribution in [3.63, 3.8) is 0 Å². The Bertz CT molecular complexity index is 800. The maximum atomic E-state index is 13.5. The normalized spacial score (nSPS) is 15.0. The molecule has 0 atom stereocenters. The average molecular weight is 388 g/mol. The van der Waals surface area contributed by atoms with Gasteiger partial charge in [0.15, 0.2) is 11.5 Å². The molecule has 2 aromatic carbocycles. The largest absolute Gasteiger partial charge is 0.493 e. The second-order valence-electron chi connectivity index (χ2n) is 6.95. The molecule has 1 aliphatic rings. The number of ether oxygens (including phenoxy) is 2. The molecule has 0 saturated heterocycles. The van der Waals surface area contributed by atoms with Gasteiger partial charge in [-0.3, -0.25) is 4.79 Å². The lowest BCUT2D eigenvalue weighted by Gasteiger charge is -2.44. The number of nitrogens with zero attached hydrogens (tertiary/aromatic N) is 1. The van der Waals surface area contributed by atoms with Gasteiger partial charge in [-0.15, -0.1) is 0 Å². The van der Waals surface area contributed by atoms with Crippen LogP contribution in [0.15, 0.2) is 42.5 Å². The maximum Gasteiger partial charge on any atom is 0.233 e. The Kier molecular flexibility index (Phi) is 5.95. The van der Waals surface area contributed by atoms with E-state index in [0.717, 1.165) is 30.4 Å². The number of halogens is 1. The molecule has 1 amide bonds. The lowest BCUT2D eigenvalue weighted by Crippen LogP contribution is -2.50. The van der Waals surface area contributed by atoms with E-state index in [1.807, 2.05) is 54.3 Å². The Balaban J connectivity index is 1.84. The highest BCUT2D eigenvalue weighted by Crippen LogP contribution is 2.45. The summed E-state index contributed by atoms with van der Waals surface area (Å²) in [6.45, 7) is 3.22. The SMILES string of the molecule is CCN(Cc1ccc(OC)c(OC)c1)C(=O)C1(c2ccc(Cl)cc2)CCC1. The van der Waals surface area contributed by atoms with Crippen LogP contribution in [0.2, 0.25) is 5.02 Å². The van der Waals surface area contributed by atoms with E-state index in [1.165, 1.54) is 0 Å². The van der Waals surface area contributed by atoms with E-state index in [-0.39, 0.29) is 5.91 Å². The van der Waals surface area contributed by atoms with E-state index in [4.69, 9.17) is 21.1 Å². The predicted molar refractivity (Wildman–Crippen MR) is 108 cm³/mol. The average Bonchev–Trinajstić information content (AvgIpc) is 2.66.